The van der Waals surface area contributed by atoms with E-state index in [-0.39, 0.29) is 5.91 Å². The van der Waals surface area contributed by atoms with Crippen LogP contribution in [0, 0.1) is 0 Å². The van der Waals surface area contributed by atoms with E-state index in [2.05, 4.69) is 10.6 Å². The minimum Gasteiger partial charge on any atom is -0.495 e. The first kappa shape index (κ1) is 22.7. The van der Waals surface area contributed by atoms with Crippen LogP contribution in [-0.2, 0) is 4.79 Å². The Hall–Kier alpha value is -4.79. The van der Waals surface area contributed by atoms with Crippen molar-refractivity contribution in [1.29, 1.82) is 0 Å². The minimum absolute atomic E-state index is 0.281. The summed E-state index contributed by atoms with van der Waals surface area (Å²) in [4.78, 5) is 18.6. The van der Waals surface area contributed by atoms with Crippen LogP contribution in [0.3, 0.4) is 0 Å². The second-order valence-corrected chi connectivity index (χ2v) is 8.69. The monoisotopic (exact) mass is 495 g/mol. The number of benzene rings is 3. The number of carbonyl (C=O) groups is 1. The van der Waals surface area contributed by atoms with E-state index in [4.69, 9.17) is 24.3 Å². The Morgan fingerprint density at radius 2 is 1.78 bits per heavy atom. The van der Waals surface area contributed by atoms with Gasteiger partial charge < -0.3 is 24.8 Å². The van der Waals surface area contributed by atoms with Crippen molar-refractivity contribution in [3.8, 4) is 28.6 Å². The second-order valence-electron chi connectivity index (χ2n) is 8.69. The minimum atomic E-state index is -0.563. The number of methoxy groups -OCH3 is 1. The molecule has 0 saturated heterocycles. The summed E-state index contributed by atoms with van der Waals surface area (Å²) in [5.74, 6) is 2.70. The average Bonchev–Trinajstić information content (AvgIpc) is 3.36. The van der Waals surface area contributed by atoms with Crippen molar-refractivity contribution >= 4 is 17.5 Å². The van der Waals surface area contributed by atoms with Gasteiger partial charge in [-0.05, 0) is 36.8 Å². The van der Waals surface area contributed by atoms with E-state index in [1.54, 1.807) is 23.9 Å². The van der Waals surface area contributed by atoms with Crippen molar-refractivity contribution in [1.82, 2.24) is 14.8 Å². The number of ether oxygens (including phenoxy) is 3. The van der Waals surface area contributed by atoms with E-state index in [1.165, 1.54) is 0 Å². The molecule has 2 aliphatic rings. The van der Waals surface area contributed by atoms with E-state index >= 15 is 0 Å². The first-order valence-electron chi connectivity index (χ1n) is 12.0. The van der Waals surface area contributed by atoms with Gasteiger partial charge in [0.2, 0.25) is 5.95 Å². The van der Waals surface area contributed by atoms with Crippen LogP contribution in [0.5, 0.6) is 17.2 Å². The van der Waals surface area contributed by atoms with Gasteiger partial charge in [0.1, 0.15) is 25.0 Å². The first-order valence-corrected chi connectivity index (χ1v) is 12.0. The number of carbonyl (C=O) groups excluding carboxylic acids is 1. The Kier molecular flexibility index (Phi) is 5.72. The van der Waals surface area contributed by atoms with Gasteiger partial charge >= 0.3 is 0 Å². The second kappa shape index (κ2) is 9.34. The van der Waals surface area contributed by atoms with Crippen LogP contribution in [-0.4, -0.2) is 41.0 Å². The van der Waals surface area contributed by atoms with Gasteiger partial charge in [-0.15, -0.1) is 5.10 Å². The van der Waals surface area contributed by atoms with Crippen molar-refractivity contribution in [3.05, 3.63) is 89.6 Å². The number of fused-ring (bicyclic) bond motifs is 2. The highest BCUT2D eigenvalue weighted by Gasteiger charge is 2.35. The maximum Gasteiger partial charge on any atom is 0.255 e. The highest BCUT2D eigenvalue weighted by molar-refractivity contribution is 6.06. The van der Waals surface area contributed by atoms with Crippen LogP contribution in [0.15, 0.2) is 84.1 Å². The van der Waals surface area contributed by atoms with E-state index in [0.717, 1.165) is 11.1 Å². The molecule has 37 heavy (non-hydrogen) atoms. The number of anilines is 2. The molecule has 0 fully saturated rings. The fourth-order valence-corrected chi connectivity index (χ4v) is 4.63. The topological polar surface area (TPSA) is 99.5 Å². The fraction of sp³-hybridized carbons (Fsp3) is 0.179. The molecule has 0 aliphatic carbocycles. The van der Waals surface area contributed by atoms with Crippen LogP contribution >= 0.6 is 0 Å². The van der Waals surface area contributed by atoms with Crippen molar-refractivity contribution in [2.24, 2.45) is 0 Å². The summed E-state index contributed by atoms with van der Waals surface area (Å²) in [6.07, 6.45) is 0. The zero-order valence-corrected chi connectivity index (χ0v) is 20.4. The van der Waals surface area contributed by atoms with Crippen molar-refractivity contribution in [3.63, 3.8) is 0 Å². The number of allylic oxidation sites excluding steroid dienone is 1. The third-order valence-electron chi connectivity index (χ3n) is 6.37. The Balaban J connectivity index is 1.46. The Labute approximate surface area is 213 Å². The van der Waals surface area contributed by atoms with Gasteiger partial charge in [-0.3, -0.25) is 4.79 Å². The number of para-hydroxylation sites is 2. The Morgan fingerprint density at radius 3 is 2.59 bits per heavy atom. The molecule has 1 aromatic heterocycles. The van der Waals surface area contributed by atoms with Crippen LogP contribution in [0.2, 0.25) is 0 Å². The molecule has 1 unspecified atom stereocenters. The molecule has 0 saturated carbocycles. The first-order chi connectivity index (χ1) is 18.1. The molecule has 3 aromatic carbocycles. The number of nitrogens with one attached hydrogen (secondary N) is 2. The molecular weight excluding hydrogens is 470 g/mol. The average molecular weight is 496 g/mol. The predicted molar refractivity (Wildman–Crippen MR) is 139 cm³/mol. The molecule has 0 radical (unpaired) electrons. The Bertz CT molecular complexity index is 1510. The number of hydrogen-bond donors (Lipinski definition) is 2. The molecular formula is C28H25N5O4. The molecule has 2 N–H and O–H groups in total. The summed E-state index contributed by atoms with van der Waals surface area (Å²) >= 11 is 0. The third kappa shape index (κ3) is 4.14. The lowest BCUT2D eigenvalue weighted by Gasteiger charge is -2.29. The lowest BCUT2D eigenvalue weighted by Crippen LogP contribution is -2.31. The molecule has 6 rings (SSSR count). The van der Waals surface area contributed by atoms with Crippen molar-refractivity contribution in [2.45, 2.75) is 13.0 Å². The summed E-state index contributed by atoms with van der Waals surface area (Å²) in [7, 11) is 1.57. The molecule has 1 amide bonds. The lowest BCUT2D eigenvalue weighted by atomic mass is 9.94. The number of aromatic nitrogens is 3. The Morgan fingerprint density at radius 1 is 1.03 bits per heavy atom. The van der Waals surface area contributed by atoms with E-state index in [1.807, 2.05) is 67.6 Å². The molecule has 9 heteroatoms. The van der Waals surface area contributed by atoms with Crippen LogP contribution in [0.1, 0.15) is 18.5 Å². The zero-order valence-electron chi connectivity index (χ0n) is 20.4. The lowest BCUT2D eigenvalue weighted by molar-refractivity contribution is -0.113. The smallest absolute Gasteiger partial charge is 0.255 e. The van der Waals surface area contributed by atoms with Gasteiger partial charge in [0.15, 0.2) is 17.3 Å². The molecule has 0 spiro atoms. The van der Waals surface area contributed by atoms with Crippen LogP contribution < -0.4 is 24.8 Å². The molecule has 4 aromatic rings. The predicted octanol–water partition coefficient (Wildman–Crippen LogP) is 4.65. The fourth-order valence-electron chi connectivity index (χ4n) is 4.63. The van der Waals surface area contributed by atoms with Crippen molar-refractivity contribution in [2.75, 3.05) is 31.0 Å². The maximum atomic E-state index is 13.8. The number of hydrogen-bond acceptors (Lipinski definition) is 7. The van der Waals surface area contributed by atoms with Crippen molar-refractivity contribution < 1.29 is 19.0 Å². The summed E-state index contributed by atoms with van der Waals surface area (Å²) in [5.41, 5.74) is 3.45. The molecule has 3 heterocycles. The van der Waals surface area contributed by atoms with Gasteiger partial charge in [0.05, 0.1) is 18.4 Å². The summed E-state index contributed by atoms with van der Waals surface area (Å²) in [5, 5.41) is 11.1. The maximum absolute atomic E-state index is 13.8. The van der Waals surface area contributed by atoms with Gasteiger partial charge in [0, 0.05) is 11.3 Å². The molecule has 9 nitrogen and oxygen atoms in total. The van der Waals surface area contributed by atoms with E-state index in [9.17, 15) is 4.79 Å². The summed E-state index contributed by atoms with van der Waals surface area (Å²) in [6.45, 7) is 2.83. The zero-order chi connectivity index (χ0) is 25.4. The summed E-state index contributed by atoms with van der Waals surface area (Å²) < 4.78 is 18.8. The van der Waals surface area contributed by atoms with E-state index < -0.39 is 6.04 Å². The SMILES string of the molecule is COc1ccccc1NC(=O)C1=C(C)Nc2nc(-c3ccccc3)nn2C1c1ccc2c(c1)OCCO2. The van der Waals surface area contributed by atoms with Gasteiger partial charge in [0.25, 0.3) is 5.91 Å². The molecule has 1 atom stereocenters. The normalized spacial score (nSPS) is 16.0. The van der Waals surface area contributed by atoms with Gasteiger partial charge in [-0.2, -0.15) is 4.98 Å². The molecule has 186 valence electrons. The van der Waals surface area contributed by atoms with Gasteiger partial charge in [-0.1, -0.05) is 48.5 Å². The summed E-state index contributed by atoms with van der Waals surface area (Å²) in [6, 6.07) is 22.2. The van der Waals surface area contributed by atoms with E-state index in [0.29, 0.717) is 59.2 Å². The highest BCUT2D eigenvalue weighted by Crippen LogP contribution is 2.40. The molecule has 0 bridgehead atoms. The number of rotatable bonds is 5. The number of nitrogens with zero attached hydrogens (tertiary/aromatic N) is 3. The van der Waals surface area contributed by atoms with Crippen LogP contribution in [0.25, 0.3) is 11.4 Å². The standard InChI is InChI=1S/C28H25N5O4/c1-17-24(27(34)30-20-10-6-7-11-21(20)35-2)25(19-12-13-22-23(16-19)37-15-14-36-22)33-28(29-17)31-26(32-33)18-8-4-3-5-9-18/h3-13,16,25H,14-15H2,1-2H3,(H,30,34)(H,29,31,32). The van der Waals surface area contributed by atoms with Gasteiger partial charge in [-0.25, -0.2) is 4.68 Å². The highest BCUT2D eigenvalue weighted by atomic mass is 16.6. The molecule has 2 aliphatic heterocycles. The quantitative estimate of drug-likeness (QED) is 0.416. The van der Waals surface area contributed by atoms with Crippen LogP contribution in [0.4, 0.5) is 11.6 Å². The largest absolute Gasteiger partial charge is 0.495 e. The number of amides is 1. The third-order valence-corrected chi connectivity index (χ3v) is 6.37.